The topological polar surface area (TPSA) is 63.6 Å². The Kier molecular flexibility index (Phi) is 10.8. The Bertz CT molecular complexity index is 913. The second kappa shape index (κ2) is 13.3. The number of alkyl halides is 3. The van der Waals surface area contributed by atoms with E-state index in [1.165, 1.54) is 12.1 Å². The van der Waals surface area contributed by atoms with Crippen LogP contribution in [0.2, 0.25) is 0 Å². The van der Waals surface area contributed by atoms with Crippen LogP contribution in [0, 0.1) is 5.92 Å². The highest BCUT2D eigenvalue weighted by Crippen LogP contribution is 2.30. The van der Waals surface area contributed by atoms with E-state index in [0.29, 0.717) is 43.2 Å². The average molecular weight is 479 g/mol. The van der Waals surface area contributed by atoms with Crippen molar-refractivity contribution < 1.29 is 32.6 Å². The third kappa shape index (κ3) is 9.67. The van der Waals surface area contributed by atoms with Crippen molar-refractivity contribution in [2.45, 2.75) is 77.2 Å². The van der Waals surface area contributed by atoms with Crippen LogP contribution in [0.5, 0.6) is 0 Å². The number of allylic oxidation sites excluding steroid dienone is 5. The lowest BCUT2D eigenvalue weighted by atomic mass is 9.95. The van der Waals surface area contributed by atoms with Gasteiger partial charge in [0.25, 0.3) is 0 Å². The summed E-state index contributed by atoms with van der Waals surface area (Å²) in [6, 6.07) is 5.11. The molecular formula is C27H33F3O4. The largest absolute Gasteiger partial charge is 0.463 e. The first-order chi connectivity index (χ1) is 16.1. The van der Waals surface area contributed by atoms with Crippen LogP contribution in [0.25, 0.3) is 0 Å². The third-order valence-electron chi connectivity index (χ3n) is 5.47. The first kappa shape index (κ1) is 27.6. The number of hydrogen-bond donors (Lipinski definition) is 1. The number of carbonyl (C=O) groups is 2. The van der Waals surface area contributed by atoms with Crippen molar-refractivity contribution in [3.05, 3.63) is 71.3 Å². The van der Waals surface area contributed by atoms with Crippen molar-refractivity contribution in [1.29, 1.82) is 0 Å². The number of benzene rings is 1. The monoisotopic (exact) mass is 478 g/mol. The van der Waals surface area contributed by atoms with E-state index in [1.807, 2.05) is 32.1 Å². The zero-order chi connectivity index (χ0) is 25.1. The van der Waals surface area contributed by atoms with E-state index in [9.17, 15) is 27.9 Å². The van der Waals surface area contributed by atoms with Gasteiger partial charge in [-0.3, -0.25) is 9.59 Å². The molecule has 0 spiro atoms. The van der Waals surface area contributed by atoms with Gasteiger partial charge in [0.15, 0.2) is 5.78 Å². The second-order valence-electron chi connectivity index (χ2n) is 8.75. The molecular weight excluding hydrogens is 445 g/mol. The van der Waals surface area contributed by atoms with Crippen LogP contribution in [0.3, 0.4) is 0 Å². The first-order valence-electron chi connectivity index (χ1n) is 11.7. The van der Waals surface area contributed by atoms with E-state index in [1.54, 1.807) is 12.1 Å². The van der Waals surface area contributed by atoms with Crippen LogP contribution < -0.4 is 0 Å². The molecule has 34 heavy (non-hydrogen) atoms. The summed E-state index contributed by atoms with van der Waals surface area (Å²) < 4.78 is 43.6. The standard InChI is InChI=1S/C27H33F3O4/c1-19(2)34-26(33)11-6-4-3-5-9-21-13-17-25(32)24(21)16-15-23(31)14-12-20-8-7-10-22(18-20)27(28,29)30/h3,5,7-8,10,13,16-19,21,23,31H,4,6,9,11-12,14-15H2,1-2H3. The van der Waals surface area contributed by atoms with Crippen LogP contribution >= 0.6 is 0 Å². The highest BCUT2D eigenvalue weighted by molar-refractivity contribution is 6.07. The molecule has 0 fully saturated rings. The van der Waals surface area contributed by atoms with Gasteiger partial charge >= 0.3 is 12.1 Å². The molecule has 0 aliphatic heterocycles. The molecule has 2 atom stereocenters. The fraction of sp³-hybridized carbons (Fsp3) is 0.481. The van der Waals surface area contributed by atoms with E-state index in [4.69, 9.17) is 4.74 Å². The normalized spacial score (nSPS) is 18.4. The van der Waals surface area contributed by atoms with Gasteiger partial charge in [-0.2, -0.15) is 13.2 Å². The molecule has 0 saturated carbocycles. The Morgan fingerprint density at radius 3 is 2.71 bits per heavy atom. The number of unbranched alkanes of at least 4 members (excludes halogenated alkanes) is 1. The SMILES string of the molecule is CC(C)OC(=O)CCCC=CCC1C=CC(=O)C1=CCC(O)CCc1cccc(C(F)(F)F)c1. The Morgan fingerprint density at radius 1 is 1.24 bits per heavy atom. The Balaban J connectivity index is 1.78. The fourth-order valence-corrected chi connectivity index (χ4v) is 3.71. The second-order valence-corrected chi connectivity index (χ2v) is 8.75. The van der Waals surface area contributed by atoms with Gasteiger partial charge in [0, 0.05) is 17.9 Å². The summed E-state index contributed by atoms with van der Waals surface area (Å²) >= 11 is 0. The summed E-state index contributed by atoms with van der Waals surface area (Å²) in [5, 5.41) is 10.3. The molecule has 2 unspecified atom stereocenters. The third-order valence-corrected chi connectivity index (χ3v) is 5.47. The number of hydrogen-bond acceptors (Lipinski definition) is 4. The minimum Gasteiger partial charge on any atom is -0.463 e. The van der Waals surface area contributed by atoms with Gasteiger partial charge in [-0.15, -0.1) is 0 Å². The summed E-state index contributed by atoms with van der Waals surface area (Å²) in [5.74, 6) is -0.352. The Morgan fingerprint density at radius 2 is 2.00 bits per heavy atom. The number of ketones is 1. The summed E-state index contributed by atoms with van der Waals surface area (Å²) in [5.41, 5.74) is 0.444. The lowest BCUT2D eigenvalue weighted by molar-refractivity contribution is -0.147. The smallest absolute Gasteiger partial charge is 0.416 e. The number of aliphatic hydroxyl groups excluding tert-OH is 1. The molecule has 0 aromatic heterocycles. The molecule has 7 heteroatoms. The molecule has 4 nitrogen and oxygen atoms in total. The van der Waals surface area contributed by atoms with Crippen LogP contribution in [0.15, 0.2) is 60.2 Å². The van der Waals surface area contributed by atoms with Gasteiger partial charge in [-0.25, -0.2) is 0 Å². The number of aryl methyl sites for hydroxylation is 1. The molecule has 0 heterocycles. The molecule has 1 aromatic rings. The van der Waals surface area contributed by atoms with E-state index >= 15 is 0 Å². The number of carbonyl (C=O) groups excluding carboxylic acids is 2. The molecule has 1 aliphatic rings. The average Bonchev–Trinajstić information content (AvgIpc) is 3.11. The number of ether oxygens (including phenoxy) is 1. The summed E-state index contributed by atoms with van der Waals surface area (Å²) in [4.78, 5) is 23.7. The van der Waals surface area contributed by atoms with E-state index < -0.39 is 17.8 Å². The molecule has 2 rings (SSSR count). The predicted octanol–water partition coefficient (Wildman–Crippen LogP) is 6.14. The van der Waals surface area contributed by atoms with Crippen molar-refractivity contribution in [2.24, 2.45) is 5.92 Å². The highest BCUT2D eigenvalue weighted by atomic mass is 19.4. The lowest BCUT2D eigenvalue weighted by Crippen LogP contribution is -2.10. The molecule has 0 radical (unpaired) electrons. The molecule has 0 saturated heterocycles. The quantitative estimate of drug-likeness (QED) is 0.170. The summed E-state index contributed by atoms with van der Waals surface area (Å²) in [7, 11) is 0. The first-order valence-corrected chi connectivity index (χ1v) is 11.7. The molecule has 1 aliphatic carbocycles. The van der Waals surface area contributed by atoms with Crippen molar-refractivity contribution >= 4 is 11.8 Å². The molecule has 1 aromatic carbocycles. The van der Waals surface area contributed by atoms with Gasteiger partial charge in [0.2, 0.25) is 0 Å². The molecule has 0 amide bonds. The van der Waals surface area contributed by atoms with E-state index in [0.717, 1.165) is 18.6 Å². The minimum absolute atomic E-state index is 0.0645. The van der Waals surface area contributed by atoms with Crippen LogP contribution in [-0.2, 0) is 26.9 Å². The molecule has 186 valence electrons. The van der Waals surface area contributed by atoms with Gasteiger partial charge < -0.3 is 9.84 Å². The van der Waals surface area contributed by atoms with E-state index in [2.05, 4.69) is 0 Å². The predicted molar refractivity (Wildman–Crippen MR) is 125 cm³/mol. The van der Waals surface area contributed by atoms with Crippen molar-refractivity contribution in [3.63, 3.8) is 0 Å². The van der Waals surface area contributed by atoms with Gasteiger partial charge in [-0.05, 0) is 70.1 Å². The molecule has 0 bridgehead atoms. The maximum atomic E-state index is 12.8. The zero-order valence-electron chi connectivity index (χ0n) is 19.7. The van der Waals surface area contributed by atoms with Gasteiger partial charge in [-0.1, -0.05) is 42.5 Å². The summed E-state index contributed by atoms with van der Waals surface area (Å²) in [6.07, 6.45) is 7.16. The maximum Gasteiger partial charge on any atom is 0.416 e. The maximum absolute atomic E-state index is 12.8. The summed E-state index contributed by atoms with van der Waals surface area (Å²) in [6.45, 7) is 3.63. The van der Waals surface area contributed by atoms with Crippen molar-refractivity contribution in [3.8, 4) is 0 Å². The number of esters is 1. The van der Waals surface area contributed by atoms with Crippen molar-refractivity contribution in [1.82, 2.24) is 0 Å². The highest BCUT2D eigenvalue weighted by Gasteiger charge is 2.30. The Hall–Kier alpha value is -2.67. The van der Waals surface area contributed by atoms with E-state index in [-0.39, 0.29) is 30.2 Å². The van der Waals surface area contributed by atoms with Crippen LogP contribution in [-0.4, -0.2) is 29.1 Å². The fourth-order valence-electron chi connectivity index (χ4n) is 3.71. The minimum atomic E-state index is -4.39. The Labute approximate surface area is 199 Å². The molecule has 1 N–H and O–H groups in total. The van der Waals surface area contributed by atoms with Gasteiger partial charge in [0.1, 0.15) is 0 Å². The number of rotatable bonds is 12. The van der Waals surface area contributed by atoms with Crippen LogP contribution in [0.4, 0.5) is 13.2 Å². The number of halogens is 3. The van der Waals surface area contributed by atoms with Gasteiger partial charge in [0.05, 0.1) is 17.8 Å². The lowest BCUT2D eigenvalue weighted by Gasteiger charge is -2.12. The number of aliphatic hydroxyl groups is 1. The van der Waals surface area contributed by atoms with Crippen molar-refractivity contribution in [2.75, 3.05) is 0 Å². The van der Waals surface area contributed by atoms with Crippen LogP contribution in [0.1, 0.15) is 63.5 Å². The zero-order valence-corrected chi connectivity index (χ0v) is 19.7.